The summed E-state index contributed by atoms with van der Waals surface area (Å²) >= 11 is 7.33. The van der Waals surface area contributed by atoms with E-state index >= 15 is 0 Å². The summed E-state index contributed by atoms with van der Waals surface area (Å²) in [5, 5.41) is 6.34. The van der Waals surface area contributed by atoms with Gasteiger partial charge in [-0.15, -0.1) is 11.3 Å². The molecule has 0 aliphatic rings. The van der Waals surface area contributed by atoms with Crippen molar-refractivity contribution in [2.45, 2.75) is 32.7 Å². The van der Waals surface area contributed by atoms with Gasteiger partial charge in [-0.2, -0.15) is 0 Å². The average molecular weight is 337 g/mol. The lowest BCUT2D eigenvalue weighted by molar-refractivity contribution is -0.121. The minimum Gasteiger partial charge on any atom is -0.348 e. The standard InChI is InChI=1S/C16H17ClN2O2S/c1-10(14-9-22-11(2)19-14)18-16(21)8-7-15(20)12-3-5-13(17)6-4-12/h3-6,9-10H,7-8H2,1-2H3,(H,18,21). The molecular weight excluding hydrogens is 320 g/mol. The number of halogens is 1. The van der Waals surface area contributed by atoms with E-state index in [1.807, 2.05) is 19.2 Å². The number of rotatable bonds is 6. The molecule has 2 rings (SSSR count). The van der Waals surface area contributed by atoms with Crippen LogP contribution in [-0.2, 0) is 4.79 Å². The van der Waals surface area contributed by atoms with Gasteiger partial charge in [-0.25, -0.2) is 4.98 Å². The van der Waals surface area contributed by atoms with Crippen molar-refractivity contribution < 1.29 is 9.59 Å². The first-order chi connectivity index (χ1) is 10.5. The van der Waals surface area contributed by atoms with E-state index in [2.05, 4.69) is 10.3 Å². The van der Waals surface area contributed by atoms with E-state index in [0.29, 0.717) is 10.6 Å². The molecule has 1 heterocycles. The molecule has 1 aromatic heterocycles. The molecule has 0 bridgehead atoms. The van der Waals surface area contributed by atoms with Gasteiger partial charge in [0.2, 0.25) is 5.91 Å². The Balaban J connectivity index is 1.82. The fourth-order valence-electron chi connectivity index (χ4n) is 1.97. The van der Waals surface area contributed by atoms with Gasteiger partial charge in [0.1, 0.15) is 0 Å². The molecule has 6 heteroatoms. The number of nitrogens with one attached hydrogen (secondary N) is 1. The molecule has 0 aliphatic heterocycles. The Bertz CT molecular complexity index is 667. The molecule has 1 atom stereocenters. The van der Waals surface area contributed by atoms with Crippen LogP contribution in [0.15, 0.2) is 29.6 Å². The second-order valence-corrected chi connectivity index (χ2v) is 6.51. The molecule has 1 N–H and O–H groups in total. The zero-order valence-corrected chi connectivity index (χ0v) is 14.0. The minimum atomic E-state index is -0.152. The van der Waals surface area contributed by atoms with Gasteiger partial charge in [0.05, 0.1) is 16.7 Å². The molecule has 0 radical (unpaired) electrons. The van der Waals surface area contributed by atoms with Crippen LogP contribution in [-0.4, -0.2) is 16.7 Å². The molecule has 4 nitrogen and oxygen atoms in total. The number of carbonyl (C=O) groups is 2. The Morgan fingerprint density at radius 3 is 2.55 bits per heavy atom. The summed E-state index contributed by atoms with van der Waals surface area (Å²) in [4.78, 5) is 28.2. The summed E-state index contributed by atoms with van der Waals surface area (Å²) in [6.45, 7) is 3.81. The smallest absolute Gasteiger partial charge is 0.220 e. The number of hydrogen-bond acceptors (Lipinski definition) is 4. The number of amides is 1. The third-order valence-corrected chi connectivity index (χ3v) is 4.25. The number of benzene rings is 1. The molecule has 0 fully saturated rings. The van der Waals surface area contributed by atoms with E-state index < -0.39 is 0 Å². The quantitative estimate of drug-likeness (QED) is 0.813. The van der Waals surface area contributed by atoms with E-state index in [0.717, 1.165) is 10.7 Å². The van der Waals surface area contributed by atoms with Gasteiger partial charge in [-0.05, 0) is 38.1 Å². The third kappa shape index (κ3) is 4.64. The number of hydrogen-bond donors (Lipinski definition) is 1. The molecule has 0 aliphatic carbocycles. The van der Waals surface area contributed by atoms with E-state index in [4.69, 9.17) is 11.6 Å². The van der Waals surface area contributed by atoms with Gasteiger partial charge in [0, 0.05) is 28.8 Å². The largest absolute Gasteiger partial charge is 0.348 e. The summed E-state index contributed by atoms with van der Waals surface area (Å²) < 4.78 is 0. The van der Waals surface area contributed by atoms with Crippen LogP contribution in [0, 0.1) is 6.92 Å². The normalized spacial score (nSPS) is 12.0. The summed E-state index contributed by atoms with van der Waals surface area (Å²) in [5.41, 5.74) is 1.42. The number of aromatic nitrogens is 1. The first-order valence-electron chi connectivity index (χ1n) is 6.96. The van der Waals surface area contributed by atoms with Crippen LogP contribution in [0.25, 0.3) is 0 Å². The first-order valence-corrected chi connectivity index (χ1v) is 8.21. The Morgan fingerprint density at radius 2 is 1.95 bits per heavy atom. The molecule has 1 unspecified atom stereocenters. The lowest BCUT2D eigenvalue weighted by atomic mass is 10.1. The fraction of sp³-hybridized carbons (Fsp3) is 0.312. The molecule has 0 spiro atoms. The van der Waals surface area contributed by atoms with Gasteiger partial charge in [0.25, 0.3) is 0 Å². The molecule has 1 amide bonds. The number of ketones is 1. The molecular formula is C16H17ClN2O2S. The second kappa shape index (κ2) is 7.51. The van der Waals surface area contributed by atoms with Crippen molar-refractivity contribution in [3.8, 4) is 0 Å². The van der Waals surface area contributed by atoms with Gasteiger partial charge in [-0.3, -0.25) is 9.59 Å². The topological polar surface area (TPSA) is 59.1 Å². The Morgan fingerprint density at radius 1 is 1.27 bits per heavy atom. The number of Topliss-reactive ketones (excluding diaryl/α,β-unsaturated/α-hetero) is 1. The van der Waals surface area contributed by atoms with Gasteiger partial charge >= 0.3 is 0 Å². The van der Waals surface area contributed by atoms with Crippen molar-refractivity contribution in [2.75, 3.05) is 0 Å². The van der Waals surface area contributed by atoms with E-state index in [1.54, 1.807) is 35.6 Å². The van der Waals surface area contributed by atoms with Crippen LogP contribution in [0.4, 0.5) is 0 Å². The van der Waals surface area contributed by atoms with Crippen LogP contribution in [0.2, 0.25) is 5.02 Å². The van der Waals surface area contributed by atoms with Crippen LogP contribution in [0.5, 0.6) is 0 Å². The van der Waals surface area contributed by atoms with Gasteiger partial charge in [0.15, 0.2) is 5.78 Å². The summed E-state index contributed by atoms with van der Waals surface area (Å²) in [7, 11) is 0. The SMILES string of the molecule is Cc1nc(C(C)NC(=O)CCC(=O)c2ccc(Cl)cc2)cs1. The highest BCUT2D eigenvalue weighted by molar-refractivity contribution is 7.09. The molecule has 0 saturated heterocycles. The maximum Gasteiger partial charge on any atom is 0.220 e. The molecule has 1 aromatic carbocycles. The van der Waals surface area contributed by atoms with Crippen LogP contribution in [0.1, 0.15) is 46.9 Å². The Hall–Kier alpha value is -1.72. The monoisotopic (exact) mass is 336 g/mol. The zero-order chi connectivity index (χ0) is 16.1. The van der Waals surface area contributed by atoms with Crippen LogP contribution < -0.4 is 5.32 Å². The predicted octanol–water partition coefficient (Wildman–Crippen LogP) is 3.95. The van der Waals surface area contributed by atoms with Crippen molar-refractivity contribution in [2.24, 2.45) is 0 Å². The summed E-state index contributed by atoms with van der Waals surface area (Å²) in [6, 6.07) is 6.53. The van der Waals surface area contributed by atoms with Crippen molar-refractivity contribution in [1.82, 2.24) is 10.3 Å². The lowest BCUT2D eigenvalue weighted by Crippen LogP contribution is -2.27. The highest BCUT2D eigenvalue weighted by Gasteiger charge is 2.14. The zero-order valence-electron chi connectivity index (χ0n) is 12.4. The van der Waals surface area contributed by atoms with Crippen molar-refractivity contribution >= 4 is 34.6 Å². The van der Waals surface area contributed by atoms with Crippen molar-refractivity contribution in [3.63, 3.8) is 0 Å². The summed E-state index contributed by atoms with van der Waals surface area (Å²) in [5.74, 6) is -0.218. The maximum atomic E-state index is 12.0. The molecule has 22 heavy (non-hydrogen) atoms. The number of aryl methyl sites for hydroxylation is 1. The number of carbonyl (C=O) groups excluding carboxylic acids is 2. The third-order valence-electron chi connectivity index (χ3n) is 3.20. The Labute approximate surface area is 138 Å². The highest BCUT2D eigenvalue weighted by Crippen LogP contribution is 2.16. The maximum absolute atomic E-state index is 12.0. The number of nitrogens with zero attached hydrogens (tertiary/aromatic N) is 1. The summed E-state index contributed by atoms with van der Waals surface area (Å²) in [6.07, 6.45) is 0.338. The molecule has 0 saturated carbocycles. The highest BCUT2D eigenvalue weighted by atomic mass is 35.5. The first kappa shape index (κ1) is 16.6. The molecule has 2 aromatic rings. The van der Waals surface area contributed by atoms with Crippen molar-refractivity contribution in [3.05, 3.63) is 50.9 Å². The predicted molar refractivity (Wildman–Crippen MR) is 88.4 cm³/mol. The number of thiazole rings is 1. The van der Waals surface area contributed by atoms with Gasteiger partial charge in [-0.1, -0.05) is 11.6 Å². The Kier molecular flexibility index (Phi) is 5.69. The minimum absolute atomic E-state index is 0.0658. The average Bonchev–Trinajstić information content (AvgIpc) is 2.92. The fourth-order valence-corrected chi connectivity index (χ4v) is 2.81. The van der Waals surface area contributed by atoms with E-state index in [9.17, 15) is 9.59 Å². The van der Waals surface area contributed by atoms with E-state index in [1.165, 1.54) is 0 Å². The van der Waals surface area contributed by atoms with E-state index in [-0.39, 0.29) is 30.6 Å². The lowest BCUT2D eigenvalue weighted by Gasteiger charge is -2.11. The van der Waals surface area contributed by atoms with Crippen LogP contribution in [0.3, 0.4) is 0 Å². The van der Waals surface area contributed by atoms with Crippen LogP contribution >= 0.6 is 22.9 Å². The molecule has 116 valence electrons. The van der Waals surface area contributed by atoms with Gasteiger partial charge < -0.3 is 5.32 Å². The van der Waals surface area contributed by atoms with Crippen molar-refractivity contribution in [1.29, 1.82) is 0 Å². The second-order valence-electron chi connectivity index (χ2n) is 5.01.